The highest BCUT2D eigenvalue weighted by molar-refractivity contribution is 5.83. The van der Waals surface area contributed by atoms with E-state index >= 15 is 0 Å². The summed E-state index contributed by atoms with van der Waals surface area (Å²) >= 11 is 0. The summed E-state index contributed by atoms with van der Waals surface area (Å²) < 4.78 is 17.1. The van der Waals surface area contributed by atoms with Crippen LogP contribution < -0.4 is 9.47 Å². The van der Waals surface area contributed by atoms with Gasteiger partial charge in [0.1, 0.15) is 11.5 Å². The monoisotopic (exact) mass is 421 g/mol. The smallest absolute Gasteiger partial charge is 0.263 e. The van der Waals surface area contributed by atoms with Crippen molar-refractivity contribution in [3.8, 4) is 22.8 Å². The first-order valence-corrected chi connectivity index (χ1v) is 10.3. The van der Waals surface area contributed by atoms with E-state index in [0.29, 0.717) is 37.7 Å². The molecule has 2 aromatic heterocycles. The van der Waals surface area contributed by atoms with E-state index in [4.69, 9.17) is 13.9 Å². The van der Waals surface area contributed by atoms with Crippen molar-refractivity contribution < 1.29 is 18.7 Å². The summed E-state index contributed by atoms with van der Waals surface area (Å²) in [6.45, 7) is 2.00. The molecule has 1 atom stereocenters. The Morgan fingerprint density at radius 1 is 1.23 bits per heavy atom. The number of carbonyl (C=O) groups is 1. The predicted octanol–water partition coefficient (Wildman–Crippen LogP) is 3.59. The SMILES string of the molecule is COc1ncccc1-c1ccc(OC2CCN(C)C2=O)c(CN(C)Cc2ccco2)c1. The lowest BCUT2D eigenvalue weighted by Gasteiger charge is -2.21. The predicted molar refractivity (Wildman–Crippen MR) is 117 cm³/mol. The molecule has 0 saturated carbocycles. The molecule has 1 saturated heterocycles. The lowest BCUT2D eigenvalue weighted by molar-refractivity contribution is -0.132. The van der Waals surface area contributed by atoms with Crippen molar-refractivity contribution in [2.24, 2.45) is 0 Å². The molecule has 3 aromatic rings. The quantitative estimate of drug-likeness (QED) is 0.554. The minimum atomic E-state index is -0.446. The van der Waals surface area contributed by atoms with Gasteiger partial charge in [0.25, 0.3) is 5.91 Å². The van der Waals surface area contributed by atoms with Crippen molar-refractivity contribution in [2.45, 2.75) is 25.6 Å². The van der Waals surface area contributed by atoms with Crippen LogP contribution in [0.4, 0.5) is 0 Å². The first-order chi connectivity index (χ1) is 15.0. The summed E-state index contributed by atoms with van der Waals surface area (Å²) in [4.78, 5) is 20.5. The van der Waals surface area contributed by atoms with Gasteiger partial charge in [0.2, 0.25) is 5.88 Å². The minimum absolute atomic E-state index is 0.0212. The Kier molecular flexibility index (Phi) is 6.23. The molecule has 0 spiro atoms. The van der Waals surface area contributed by atoms with Crippen molar-refractivity contribution in [2.75, 3.05) is 27.7 Å². The summed E-state index contributed by atoms with van der Waals surface area (Å²) in [6.07, 6.45) is 3.63. The molecule has 0 N–H and O–H groups in total. The molecule has 0 aliphatic carbocycles. The van der Waals surface area contributed by atoms with Gasteiger partial charge in [-0.15, -0.1) is 0 Å². The fraction of sp³-hybridized carbons (Fsp3) is 0.333. The van der Waals surface area contributed by atoms with Crippen LogP contribution >= 0.6 is 0 Å². The Bertz CT molecular complexity index is 1040. The number of hydrogen-bond acceptors (Lipinski definition) is 6. The topological polar surface area (TPSA) is 68.0 Å². The number of hydrogen-bond donors (Lipinski definition) is 0. The number of pyridine rings is 1. The van der Waals surface area contributed by atoms with Crippen molar-refractivity contribution >= 4 is 5.91 Å². The minimum Gasteiger partial charge on any atom is -0.481 e. The molecule has 7 nitrogen and oxygen atoms in total. The average molecular weight is 421 g/mol. The zero-order valence-corrected chi connectivity index (χ0v) is 18.1. The van der Waals surface area contributed by atoms with Crippen LogP contribution in [-0.4, -0.2) is 54.5 Å². The van der Waals surface area contributed by atoms with Crippen molar-refractivity contribution in [3.63, 3.8) is 0 Å². The highest BCUT2D eigenvalue weighted by atomic mass is 16.5. The lowest BCUT2D eigenvalue weighted by Crippen LogP contribution is -2.30. The highest BCUT2D eigenvalue weighted by Gasteiger charge is 2.31. The fourth-order valence-electron chi connectivity index (χ4n) is 3.83. The third-order valence-electron chi connectivity index (χ3n) is 5.43. The molecule has 0 radical (unpaired) electrons. The number of furan rings is 1. The van der Waals surface area contributed by atoms with E-state index < -0.39 is 6.10 Å². The maximum absolute atomic E-state index is 12.4. The van der Waals surface area contributed by atoms with Gasteiger partial charge in [0, 0.05) is 43.9 Å². The van der Waals surface area contributed by atoms with Crippen LogP contribution in [0.3, 0.4) is 0 Å². The standard InChI is InChI=1S/C24H27N3O4/c1-26(16-19-6-5-13-30-19)15-18-14-17(20-7-4-11-25-23(20)29-3)8-9-21(18)31-22-10-12-27(2)24(22)28/h4-9,11,13-14,22H,10,12,15-16H2,1-3H3. The third-order valence-corrected chi connectivity index (χ3v) is 5.43. The molecule has 1 unspecified atom stereocenters. The largest absolute Gasteiger partial charge is 0.481 e. The maximum Gasteiger partial charge on any atom is 0.263 e. The lowest BCUT2D eigenvalue weighted by atomic mass is 10.0. The molecule has 3 heterocycles. The van der Waals surface area contributed by atoms with Gasteiger partial charge in [-0.3, -0.25) is 9.69 Å². The number of rotatable bonds is 8. The van der Waals surface area contributed by atoms with Gasteiger partial charge >= 0.3 is 0 Å². The molecule has 7 heteroatoms. The van der Waals surface area contributed by atoms with E-state index in [2.05, 4.69) is 16.0 Å². The second-order valence-electron chi connectivity index (χ2n) is 7.79. The van der Waals surface area contributed by atoms with Crippen LogP contribution in [0.2, 0.25) is 0 Å². The Hall–Kier alpha value is -3.32. The van der Waals surface area contributed by atoms with E-state index in [9.17, 15) is 4.79 Å². The van der Waals surface area contributed by atoms with Gasteiger partial charge in [0.05, 0.1) is 19.9 Å². The molecule has 31 heavy (non-hydrogen) atoms. The van der Waals surface area contributed by atoms with Gasteiger partial charge < -0.3 is 18.8 Å². The zero-order valence-electron chi connectivity index (χ0n) is 18.1. The molecule has 4 rings (SSSR count). The fourth-order valence-corrected chi connectivity index (χ4v) is 3.83. The summed E-state index contributed by atoms with van der Waals surface area (Å²) in [6, 6.07) is 13.7. The number of aromatic nitrogens is 1. The van der Waals surface area contributed by atoms with E-state index in [1.165, 1.54) is 0 Å². The van der Waals surface area contributed by atoms with Crippen LogP contribution in [0.1, 0.15) is 17.7 Å². The summed E-state index contributed by atoms with van der Waals surface area (Å²) in [7, 11) is 5.45. The summed E-state index contributed by atoms with van der Waals surface area (Å²) in [5.74, 6) is 2.20. The van der Waals surface area contributed by atoms with E-state index in [-0.39, 0.29) is 5.91 Å². The second-order valence-corrected chi connectivity index (χ2v) is 7.79. The highest BCUT2D eigenvalue weighted by Crippen LogP contribution is 2.33. The number of methoxy groups -OCH3 is 1. The van der Waals surface area contributed by atoms with E-state index in [1.807, 2.05) is 50.5 Å². The number of likely N-dealkylation sites (N-methyl/N-ethyl adjacent to an activating group) is 1. The zero-order chi connectivity index (χ0) is 21.8. The first kappa shape index (κ1) is 20.9. The number of amides is 1. The van der Waals surface area contributed by atoms with Crippen LogP contribution in [0.15, 0.2) is 59.3 Å². The number of nitrogens with zero attached hydrogens (tertiary/aromatic N) is 3. The van der Waals surface area contributed by atoms with Crippen molar-refractivity contribution in [1.29, 1.82) is 0 Å². The Morgan fingerprint density at radius 3 is 2.81 bits per heavy atom. The molecule has 1 aliphatic heterocycles. The van der Waals surface area contributed by atoms with E-state index in [0.717, 1.165) is 22.5 Å². The Morgan fingerprint density at radius 2 is 2.10 bits per heavy atom. The van der Waals surface area contributed by atoms with Crippen LogP contribution in [-0.2, 0) is 17.9 Å². The van der Waals surface area contributed by atoms with Gasteiger partial charge in [-0.05, 0) is 49.0 Å². The molecule has 1 aliphatic rings. The van der Waals surface area contributed by atoms with Crippen molar-refractivity contribution in [1.82, 2.24) is 14.8 Å². The number of ether oxygens (including phenoxy) is 2. The average Bonchev–Trinajstić information content (AvgIpc) is 3.40. The Labute approximate surface area is 182 Å². The molecular formula is C24H27N3O4. The van der Waals surface area contributed by atoms with Gasteiger partial charge in [0.15, 0.2) is 6.10 Å². The molecule has 1 amide bonds. The molecule has 1 aromatic carbocycles. The van der Waals surface area contributed by atoms with E-state index in [1.54, 1.807) is 24.5 Å². The molecule has 0 bridgehead atoms. The van der Waals surface area contributed by atoms with Gasteiger partial charge in [-0.2, -0.15) is 0 Å². The summed E-state index contributed by atoms with van der Waals surface area (Å²) in [5, 5.41) is 0. The van der Waals surface area contributed by atoms with Crippen LogP contribution in [0.25, 0.3) is 11.1 Å². The number of carbonyl (C=O) groups excluding carboxylic acids is 1. The number of benzene rings is 1. The molecule has 1 fully saturated rings. The second kappa shape index (κ2) is 9.22. The maximum atomic E-state index is 12.4. The van der Waals surface area contributed by atoms with Gasteiger partial charge in [-0.1, -0.05) is 6.07 Å². The van der Waals surface area contributed by atoms with Crippen molar-refractivity contribution in [3.05, 3.63) is 66.2 Å². The van der Waals surface area contributed by atoms with Crippen LogP contribution in [0.5, 0.6) is 11.6 Å². The molecular weight excluding hydrogens is 394 g/mol. The molecule has 162 valence electrons. The third kappa shape index (κ3) is 4.72. The first-order valence-electron chi connectivity index (χ1n) is 10.3. The Balaban J connectivity index is 1.64. The van der Waals surface area contributed by atoms with Gasteiger partial charge in [-0.25, -0.2) is 4.98 Å². The summed E-state index contributed by atoms with van der Waals surface area (Å²) in [5.41, 5.74) is 2.87. The van der Waals surface area contributed by atoms with Crippen LogP contribution in [0, 0.1) is 0 Å². The normalized spacial score (nSPS) is 16.2. The number of likely N-dealkylation sites (tertiary alicyclic amines) is 1.